The van der Waals surface area contributed by atoms with Crippen molar-refractivity contribution < 1.29 is 28.5 Å². The Hall–Kier alpha value is -5.42. The molecule has 5 rings (SSSR count). The molecule has 0 aromatic heterocycles. The highest BCUT2D eigenvalue weighted by atomic mass is 16.6. The van der Waals surface area contributed by atoms with E-state index >= 15 is 0 Å². The van der Waals surface area contributed by atoms with Crippen molar-refractivity contribution in [3.05, 3.63) is 124 Å². The van der Waals surface area contributed by atoms with Gasteiger partial charge in [-0.15, -0.1) is 0 Å². The molecule has 0 saturated carbocycles. The van der Waals surface area contributed by atoms with Crippen LogP contribution in [0.5, 0.6) is 28.7 Å². The molecule has 8 nitrogen and oxygen atoms in total. The molecule has 8 heteroatoms. The lowest BCUT2D eigenvalue weighted by molar-refractivity contribution is -0.136. The van der Waals surface area contributed by atoms with Gasteiger partial charge in [0.2, 0.25) is 5.88 Å². The molecular weight excluding hydrogens is 544 g/mol. The number of nitrogens with zero attached hydrogens (tertiary/aromatic N) is 1. The average molecular weight is 577 g/mol. The molecule has 0 amide bonds. The van der Waals surface area contributed by atoms with Gasteiger partial charge in [0.25, 0.3) is 0 Å². The quantitative estimate of drug-likeness (QED) is 0.180. The molecule has 4 aromatic carbocycles. The third-order valence-electron chi connectivity index (χ3n) is 7.01. The zero-order valence-corrected chi connectivity index (χ0v) is 24.5. The third kappa shape index (κ3) is 6.74. The molecular formula is C35H32N2O6. The van der Waals surface area contributed by atoms with E-state index in [1.54, 1.807) is 25.3 Å². The molecule has 2 N–H and O–H groups in total. The van der Waals surface area contributed by atoms with Gasteiger partial charge in [-0.05, 0) is 73.4 Å². The Bertz CT molecular complexity index is 1720. The van der Waals surface area contributed by atoms with Gasteiger partial charge in [0, 0.05) is 11.6 Å². The van der Waals surface area contributed by atoms with Crippen LogP contribution in [0.3, 0.4) is 0 Å². The Labute approximate surface area is 250 Å². The first-order valence-corrected chi connectivity index (χ1v) is 13.7. The fraction of sp³-hybridized carbons (Fsp3) is 0.200. The van der Waals surface area contributed by atoms with Crippen LogP contribution in [0.25, 0.3) is 0 Å². The van der Waals surface area contributed by atoms with Crippen LogP contribution in [0.1, 0.15) is 39.3 Å². The molecule has 1 unspecified atom stereocenters. The molecule has 1 aliphatic rings. The number of allylic oxidation sites excluding steroid dienone is 1. The summed E-state index contributed by atoms with van der Waals surface area (Å²) < 4.78 is 28.6. The topological polar surface area (TPSA) is 113 Å². The van der Waals surface area contributed by atoms with Crippen LogP contribution in [-0.4, -0.2) is 19.7 Å². The molecule has 0 bridgehead atoms. The molecule has 1 aliphatic heterocycles. The van der Waals surface area contributed by atoms with Gasteiger partial charge in [0.15, 0.2) is 18.1 Å². The van der Waals surface area contributed by atoms with E-state index in [9.17, 15) is 10.1 Å². The zero-order valence-electron chi connectivity index (χ0n) is 24.5. The summed E-state index contributed by atoms with van der Waals surface area (Å²) >= 11 is 0. The van der Waals surface area contributed by atoms with Crippen LogP contribution in [0.15, 0.2) is 90.3 Å². The standard InChI is InChI=1S/C35H32N2O6/c1-21-5-7-24(8-6-21)19-41-30-12-9-25(16-32(30)39-4)34-28-11-10-26(17-31(28)43-35(37)29(34)18-36)42-33(38)20-40-27-14-22(2)13-23(3)15-27/h5-17,34H,19-20,37H2,1-4H3. The first-order valence-electron chi connectivity index (χ1n) is 13.7. The molecule has 4 aromatic rings. The SMILES string of the molecule is COc1cc(C2C(C#N)=C(N)Oc3cc(OC(=O)COc4cc(C)cc(C)c4)ccc32)ccc1OCc1ccc(C)cc1. The van der Waals surface area contributed by atoms with E-state index in [4.69, 9.17) is 29.4 Å². The van der Waals surface area contributed by atoms with Gasteiger partial charge < -0.3 is 29.4 Å². The van der Waals surface area contributed by atoms with Crippen molar-refractivity contribution in [1.29, 1.82) is 5.26 Å². The number of ether oxygens (including phenoxy) is 5. The molecule has 0 fully saturated rings. The van der Waals surface area contributed by atoms with Gasteiger partial charge in [0.1, 0.15) is 35.5 Å². The summed E-state index contributed by atoms with van der Waals surface area (Å²) in [5, 5.41) is 9.98. The highest BCUT2D eigenvalue weighted by Crippen LogP contribution is 2.45. The predicted molar refractivity (Wildman–Crippen MR) is 161 cm³/mol. The van der Waals surface area contributed by atoms with Crippen molar-refractivity contribution in [2.45, 2.75) is 33.3 Å². The van der Waals surface area contributed by atoms with Gasteiger partial charge in [0.05, 0.1) is 13.0 Å². The molecule has 0 radical (unpaired) electrons. The number of aryl methyl sites for hydroxylation is 3. The summed E-state index contributed by atoms with van der Waals surface area (Å²) in [4.78, 5) is 12.5. The number of fused-ring (bicyclic) bond motifs is 1. The molecule has 0 spiro atoms. The van der Waals surface area contributed by atoms with Crippen molar-refractivity contribution in [3.63, 3.8) is 0 Å². The van der Waals surface area contributed by atoms with Gasteiger partial charge in [-0.3, -0.25) is 0 Å². The highest BCUT2D eigenvalue weighted by Gasteiger charge is 2.32. The third-order valence-corrected chi connectivity index (χ3v) is 7.01. The van der Waals surface area contributed by atoms with Crippen molar-refractivity contribution in [3.8, 4) is 34.8 Å². The second-order valence-corrected chi connectivity index (χ2v) is 10.4. The summed E-state index contributed by atoms with van der Waals surface area (Å²) in [6.45, 7) is 6.07. The van der Waals surface area contributed by atoms with Crippen molar-refractivity contribution in [2.75, 3.05) is 13.7 Å². The second kappa shape index (κ2) is 12.6. The Kier molecular flexibility index (Phi) is 8.54. The monoisotopic (exact) mass is 576 g/mol. The first-order chi connectivity index (χ1) is 20.7. The number of hydrogen-bond acceptors (Lipinski definition) is 8. The molecule has 218 valence electrons. The van der Waals surface area contributed by atoms with Gasteiger partial charge in [-0.1, -0.05) is 48.0 Å². The number of carbonyl (C=O) groups excluding carboxylic acids is 1. The predicted octanol–water partition coefficient (Wildman–Crippen LogP) is 6.40. The Morgan fingerprint density at radius 2 is 1.60 bits per heavy atom. The summed E-state index contributed by atoms with van der Waals surface area (Å²) in [6, 6.07) is 26.5. The molecule has 43 heavy (non-hydrogen) atoms. The number of methoxy groups -OCH3 is 1. The Morgan fingerprint density at radius 1 is 0.860 bits per heavy atom. The van der Waals surface area contributed by atoms with Crippen LogP contribution in [0.4, 0.5) is 0 Å². The first kappa shape index (κ1) is 29.1. The number of nitrogens with two attached hydrogens (primary N) is 1. The summed E-state index contributed by atoms with van der Waals surface area (Å²) in [6.07, 6.45) is 0. The molecule has 1 heterocycles. The number of carbonyl (C=O) groups is 1. The van der Waals surface area contributed by atoms with E-state index in [1.807, 2.05) is 81.4 Å². The van der Waals surface area contributed by atoms with Crippen molar-refractivity contribution in [1.82, 2.24) is 0 Å². The Balaban J connectivity index is 1.35. The van der Waals surface area contributed by atoms with E-state index < -0.39 is 11.9 Å². The lowest BCUT2D eigenvalue weighted by atomic mass is 9.83. The van der Waals surface area contributed by atoms with Crippen LogP contribution in [-0.2, 0) is 11.4 Å². The lowest BCUT2D eigenvalue weighted by Crippen LogP contribution is -2.22. The van der Waals surface area contributed by atoms with Crippen molar-refractivity contribution >= 4 is 5.97 Å². The second-order valence-electron chi connectivity index (χ2n) is 10.4. The average Bonchev–Trinajstić information content (AvgIpc) is 2.98. The maximum absolute atomic E-state index is 12.5. The summed E-state index contributed by atoms with van der Waals surface area (Å²) in [5.41, 5.74) is 12.2. The minimum Gasteiger partial charge on any atom is -0.493 e. The summed E-state index contributed by atoms with van der Waals surface area (Å²) in [5.74, 6) is 1.18. The van der Waals surface area contributed by atoms with E-state index in [-0.39, 0.29) is 23.8 Å². The lowest BCUT2D eigenvalue weighted by Gasteiger charge is -2.27. The van der Waals surface area contributed by atoms with Crippen LogP contribution in [0, 0.1) is 32.1 Å². The van der Waals surface area contributed by atoms with Crippen LogP contribution in [0.2, 0.25) is 0 Å². The van der Waals surface area contributed by atoms with Gasteiger partial charge in [-0.2, -0.15) is 5.26 Å². The maximum Gasteiger partial charge on any atom is 0.349 e. The number of benzene rings is 4. The largest absolute Gasteiger partial charge is 0.493 e. The van der Waals surface area contributed by atoms with E-state index in [2.05, 4.69) is 6.07 Å². The molecule has 0 saturated heterocycles. The number of hydrogen-bond donors (Lipinski definition) is 1. The highest BCUT2D eigenvalue weighted by molar-refractivity contribution is 5.74. The smallest absolute Gasteiger partial charge is 0.349 e. The Morgan fingerprint density at radius 3 is 2.30 bits per heavy atom. The minimum atomic E-state index is -0.571. The number of rotatable bonds is 9. The van der Waals surface area contributed by atoms with Crippen molar-refractivity contribution in [2.24, 2.45) is 5.73 Å². The molecule has 1 atom stereocenters. The van der Waals surface area contributed by atoms with E-state index in [1.165, 1.54) is 5.56 Å². The maximum atomic E-state index is 12.5. The van der Waals surface area contributed by atoms with E-state index in [0.717, 1.165) is 22.3 Å². The minimum absolute atomic E-state index is 0.0275. The normalized spacial score (nSPS) is 13.8. The van der Waals surface area contributed by atoms with Gasteiger partial charge in [-0.25, -0.2) is 4.79 Å². The van der Waals surface area contributed by atoms with Gasteiger partial charge >= 0.3 is 5.97 Å². The van der Waals surface area contributed by atoms with Crippen LogP contribution < -0.4 is 29.4 Å². The summed E-state index contributed by atoms with van der Waals surface area (Å²) in [7, 11) is 1.57. The van der Waals surface area contributed by atoms with E-state index in [0.29, 0.717) is 35.2 Å². The number of esters is 1. The zero-order chi connectivity index (χ0) is 30.5. The van der Waals surface area contributed by atoms with Crippen LogP contribution >= 0.6 is 0 Å². The molecule has 0 aliphatic carbocycles. The fourth-order valence-electron chi connectivity index (χ4n) is 4.99. The number of nitriles is 1. The fourth-order valence-corrected chi connectivity index (χ4v) is 4.99.